The number of hydrogen-bond acceptors (Lipinski definition) is 8. The normalized spacial score (nSPS) is 23.9. The van der Waals surface area contributed by atoms with Crippen molar-refractivity contribution < 1.29 is 44.3 Å². The Labute approximate surface area is 247 Å². The maximum atomic E-state index is 13.6. The van der Waals surface area contributed by atoms with Crippen molar-refractivity contribution in [2.75, 3.05) is 6.54 Å². The van der Waals surface area contributed by atoms with Crippen LogP contribution in [-0.4, -0.2) is 79.9 Å². The predicted molar refractivity (Wildman–Crippen MR) is 153 cm³/mol. The first-order chi connectivity index (χ1) is 19.5. The monoisotopic (exact) mass is 590 g/mol. The number of nitrogens with zero attached hydrogens (tertiary/aromatic N) is 1. The molecule has 1 saturated heterocycles. The van der Waals surface area contributed by atoms with E-state index in [1.165, 1.54) is 30.0 Å². The minimum Gasteiger partial charge on any atom is -0.504 e. The lowest BCUT2D eigenvalue weighted by Gasteiger charge is -2.40. The van der Waals surface area contributed by atoms with Gasteiger partial charge in [0.25, 0.3) is 0 Å². The highest BCUT2D eigenvalue weighted by molar-refractivity contribution is 5.95. The number of aliphatic carboxylic acids is 1. The molecule has 6 unspecified atom stereocenters. The second-order valence-electron chi connectivity index (χ2n) is 13.2. The van der Waals surface area contributed by atoms with Crippen LogP contribution in [0.1, 0.15) is 79.2 Å². The first-order valence-electron chi connectivity index (χ1n) is 14.7. The number of benzene rings is 1. The lowest BCUT2D eigenvalue weighted by molar-refractivity contribution is -0.160. The Bertz CT molecular complexity index is 1180. The van der Waals surface area contributed by atoms with Crippen LogP contribution >= 0.6 is 0 Å². The number of carboxylic acid groups (broad SMARTS) is 1. The summed E-state index contributed by atoms with van der Waals surface area (Å²) in [6.07, 6.45) is 1.42. The number of likely N-dealkylation sites (tertiary alicyclic amines) is 1. The fourth-order valence-electron chi connectivity index (χ4n) is 6.17. The summed E-state index contributed by atoms with van der Waals surface area (Å²) in [6.45, 7) is 12.3. The Morgan fingerprint density at radius 1 is 1.07 bits per heavy atom. The van der Waals surface area contributed by atoms with Gasteiger partial charge in [0, 0.05) is 13.0 Å². The Morgan fingerprint density at radius 2 is 1.74 bits per heavy atom. The van der Waals surface area contributed by atoms with Gasteiger partial charge in [0.15, 0.2) is 11.5 Å². The minimum atomic E-state index is -1.67. The first kappa shape index (κ1) is 33.2. The zero-order chi connectivity index (χ0) is 31.6. The average molecular weight is 591 g/mol. The molecular weight excluding hydrogens is 544 g/mol. The van der Waals surface area contributed by atoms with Gasteiger partial charge in [-0.1, -0.05) is 33.8 Å². The molecule has 11 heteroatoms. The van der Waals surface area contributed by atoms with Gasteiger partial charge in [-0.05, 0) is 80.4 Å². The summed E-state index contributed by atoms with van der Waals surface area (Å²) in [7, 11) is 0. The van der Waals surface area contributed by atoms with Crippen molar-refractivity contribution in [2.24, 2.45) is 22.7 Å². The first-order valence-corrected chi connectivity index (χ1v) is 14.7. The number of rotatable bonds is 11. The zero-order valence-electron chi connectivity index (χ0n) is 25.4. The number of carbonyl (C=O) groups excluding carboxylic acids is 3. The van der Waals surface area contributed by atoms with Crippen molar-refractivity contribution in [2.45, 2.75) is 104 Å². The molecule has 0 radical (unpaired) electrons. The predicted octanol–water partition coefficient (Wildman–Crippen LogP) is 2.98. The standard InChI is InChI=1S/C31H46N2O9/c1-17(14-20-11-12-30(3,4)31(20,5)6)42-29(41)21-8-7-13-33(21)27(38)25(18(2)28(39)40)32-26(37)24(36)16-19-9-10-22(34)23(35)15-19/h9-10,15,17-18,20-21,24-25,34-36H,7-8,11-14,16H2,1-6H3,(H,32,37)(H,39,40). The molecule has 1 aromatic rings. The fraction of sp³-hybridized carbons (Fsp3) is 0.677. The van der Waals surface area contributed by atoms with E-state index in [0.29, 0.717) is 30.7 Å². The molecule has 2 fully saturated rings. The van der Waals surface area contributed by atoms with Crippen LogP contribution in [-0.2, 0) is 30.3 Å². The van der Waals surface area contributed by atoms with Crippen molar-refractivity contribution in [3.8, 4) is 11.5 Å². The van der Waals surface area contributed by atoms with Crippen LogP contribution in [0.2, 0.25) is 0 Å². The molecule has 2 aliphatic rings. The van der Waals surface area contributed by atoms with Gasteiger partial charge in [-0.25, -0.2) is 4.79 Å². The maximum absolute atomic E-state index is 13.6. The number of esters is 1. The molecule has 3 rings (SSSR count). The molecule has 0 aromatic heterocycles. The van der Waals surface area contributed by atoms with Gasteiger partial charge in [-0.15, -0.1) is 0 Å². The SMILES string of the molecule is CC(CC1CCC(C)(C)C1(C)C)OC(=O)C1CCCN1C(=O)C(NC(=O)C(O)Cc1ccc(O)c(O)c1)C(C)C(=O)O. The molecule has 234 valence electrons. The van der Waals surface area contributed by atoms with Crippen molar-refractivity contribution in [1.82, 2.24) is 10.2 Å². The van der Waals surface area contributed by atoms with Gasteiger partial charge in [0.2, 0.25) is 11.8 Å². The van der Waals surface area contributed by atoms with Crippen LogP contribution in [0.3, 0.4) is 0 Å². The summed E-state index contributed by atoms with van der Waals surface area (Å²) >= 11 is 0. The van der Waals surface area contributed by atoms with E-state index in [1.54, 1.807) is 0 Å². The molecule has 6 atom stereocenters. The summed E-state index contributed by atoms with van der Waals surface area (Å²) in [6, 6.07) is 1.36. The minimum absolute atomic E-state index is 0.0780. The van der Waals surface area contributed by atoms with Crippen LogP contribution < -0.4 is 5.32 Å². The molecule has 5 N–H and O–H groups in total. The van der Waals surface area contributed by atoms with E-state index < -0.39 is 53.6 Å². The molecule has 0 bridgehead atoms. The van der Waals surface area contributed by atoms with Crippen molar-refractivity contribution in [3.63, 3.8) is 0 Å². The van der Waals surface area contributed by atoms with Gasteiger partial charge < -0.3 is 35.4 Å². The van der Waals surface area contributed by atoms with E-state index in [-0.39, 0.29) is 35.6 Å². The van der Waals surface area contributed by atoms with Crippen LogP contribution in [0, 0.1) is 22.7 Å². The van der Waals surface area contributed by atoms with Crippen LogP contribution in [0.15, 0.2) is 18.2 Å². The number of carboxylic acids is 1. The van der Waals surface area contributed by atoms with Crippen LogP contribution in [0.5, 0.6) is 11.5 Å². The Morgan fingerprint density at radius 3 is 2.31 bits per heavy atom. The number of carbonyl (C=O) groups is 4. The van der Waals surface area contributed by atoms with Crippen molar-refractivity contribution in [3.05, 3.63) is 23.8 Å². The lowest BCUT2D eigenvalue weighted by Crippen LogP contribution is -2.57. The Hall–Kier alpha value is -3.34. The third kappa shape index (κ3) is 7.17. The molecule has 11 nitrogen and oxygen atoms in total. The highest BCUT2D eigenvalue weighted by atomic mass is 16.5. The number of nitrogens with one attached hydrogen (secondary N) is 1. The van der Waals surface area contributed by atoms with Gasteiger partial charge in [-0.2, -0.15) is 0 Å². The Balaban J connectivity index is 1.68. The Kier molecular flexibility index (Phi) is 10.2. The van der Waals surface area contributed by atoms with Gasteiger partial charge in [0.1, 0.15) is 18.2 Å². The third-order valence-electron chi connectivity index (χ3n) is 9.85. The summed E-state index contributed by atoms with van der Waals surface area (Å²) in [5, 5.41) is 41.7. The van der Waals surface area contributed by atoms with E-state index >= 15 is 0 Å². The number of aromatic hydroxyl groups is 2. The smallest absolute Gasteiger partial charge is 0.329 e. The molecule has 42 heavy (non-hydrogen) atoms. The number of phenolic OH excluding ortho intramolecular Hbond substituents is 2. The molecule has 1 aliphatic carbocycles. The van der Waals surface area contributed by atoms with E-state index in [1.807, 2.05) is 6.92 Å². The molecular formula is C31H46N2O9. The van der Waals surface area contributed by atoms with Crippen LogP contribution in [0.4, 0.5) is 0 Å². The van der Waals surface area contributed by atoms with E-state index in [4.69, 9.17) is 4.74 Å². The highest BCUT2D eigenvalue weighted by Crippen LogP contribution is 2.57. The third-order valence-corrected chi connectivity index (χ3v) is 9.85. The molecule has 0 spiro atoms. The maximum Gasteiger partial charge on any atom is 0.329 e. The summed E-state index contributed by atoms with van der Waals surface area (Å²) < 4.78 is 5.81. The highest BCUT2D eigenvalue weighted by Gasteiger charge is 2.49. The molecule has 1 saturated carbocycles. The fourth-order valence-corrected chi connectivity index (χ4v) is 6.17. The number of phenols is 2. The topological polar surface area (TPSA) is 174 Å². The molecule has 1 aromatic carbocycles. The van der Waals surface area contributed by atoms with Gasteiger partial charge >= 0.3 is 11.9 Å². The van der Waals surface area contributed by atoms with Crippen molar-refractivity contribution in [1.29, 1.82) is 0 Å². The van der Waals surface area contributed by atoms with E-state index in [0.717, 1.165) is 12.8 Å². The average Bonchev–Trinajstić information content (AvgIpc) is 3.47. The quantitative estimate of drug-likeness (QED) is 0.192. The molecule has 1 aliphatic heterocycles. The number of amides is 2. The number of aliphatic hydroxyl groups excluding tert-OH is 1. The largest absolute Gasteiger partial charge is 0.504 e. The molecule has 1 heterocycles. The molecule has 2 amide bonds. The van der Waals surface area contributed by atoms with Gasteiger partial charge in [-0.3, -0.25) is 14.4 Å². The second-order valence-corrected chi connectivity index (χ2v) is 13.2. The summed E-state index contributed by atoms with van der Waals surface area (Å²) in [5.74, 6) is -5.37. The van der Waals surface area contributed by atoms with Crippen LogP contribution in [0.25, 0.3) is 0 Å². The summed E-state index contributed by atoms with van der Waals surface area (Å²) in [5.41, 5.74) is 0.591. The van der Waals surface area contributed by atoms with Crippen molar-refractivity contribution >= 4 is 23.8 Å². The number of aliphatic hydroxyl groups is 1. The van der Waals surface area contributed by atoms with Gasteiger partial charge in [0.05, 0.1) is 12.0 Å². The summed E-state index contributed by atoms with van der Waals surface area (Å²) in [4.78, 5) is 52.9. The van der Waals surface area contributed by atoms with E-state index in [2.05, 4.69) is 33.0 Å². The zero-order valence-corrected chi connectivity index (χ0v) is 25.4. The number of ether oxygens (including phenoxy) is 1. The second kappa shape index (κ2) is 12.9. The number of hydrogen-bond donors (Lipinski definition) is 5. The van der Waals surface area contributed by atoms with E-state index in [9.17, 15) is 39.6 Å². The lowest BCUT2D eigenvalue weighted by atomic mass is 9.66.